The monoisotopic (exact) mass is 284 g/mol. The van der Waals surface area contributed by atoms with Crippen LogP contribution in [0, 0.1) is 6.92 Å². The van der Waals surface area contributed by atoms with Gasteiger partial charge >= 0.3 is 0 Å². The Morgan fingerprint density at radius 3 is 1.95 bits per heavy atom. The van der Waals surface area contributed by atoms with E-state index in [0.29, 0.717) is 0 Å². The van der Waals surface area contributed by atoms with Crippen LogP contribution in [0.3, 0.4) is 0 Å². The molecule has 2 nitrogen and oxygen atoms in total. The van der Waals surface area contributed by atoms with Crippen LogP contribution in [0.5, 0.6) is 0 Å². The summed E-state index contributed by atoms with van der Waals surface area (Å²) in [4.78, 5) is 0. The fourth-order valence-electron chi connectivity index (χ4n) is 2.55. The molecule has 0 aliphatic rings. The lowest BCUT2D eigenvalue weighted by molar-refractivity contribution is 0.399. The molecule has 0 fully saturated rings. The molecular weight excluding hydrogens is 256 g/mol. The molecule has 0 aliphatic heterocycles. The van der Waals surface area contributed by atoms with Crippen molar-refractivity contribution in [1.29, 1.82) is 0 Å². The van der Waals surface area contributed by atoms with E-state index in [1.807, 2.05) is 0 Å². The summed E-state index contributed by atoms with van der Waals surface area (Å²) in [6.45, 7) is 15.6. The lowest BCUT2D eigenvalue weighted by Crippen LogP contribution is -2.31. The molecule has 0 bridgehead atoms. The minimum Gasteiger partial charge on any atom is -0.367 e. The van der Waals surface area contributed by atoms with Crippen molar-refractivity contribution in [3.05, 3.63) is 42.1 Å². The maximum atomic E-state index is 3.68. The van der Waals surface area contributed by atoms with Crippen molar-refractivity contribution in [2.24, 2.45) is 0 Å². The normalized spacial score (nSPS) is 12.5. The lowest BCUT2D eigenvalue weighted by atomic mass is 10.0. The first kappa shape index (κ1) is 15.7. The van der Waals surface area contributed by atoms with E-state index in [-0.39, 0.29) is 11.1 Å². The van der Waals surface area contributed by atoms with Crippen molar-refractivity contribution in [3.8, 4) is 11.1 Å². The summed E-state index contributed by atoms with van der Waals surface area (Å²) in [5, 5.41) is 3.68. The van der Waals surface area contributed by atoms with Crippen LogP contribution in [-0.4, -0.2) is 10.1 Å². The second kappa shape index (κ2) is 5.25. The third kappa shape index (κ3) is 3.49. The number of anilines is 1. The maximum absolute atomic E-state index is 3.68. The topological polar surface area (TPSA) is 17.0 Å². The highest BCUT2D eigenvalue weighted by Crippen LogP contribution is 2.36. The van der Waals surface area contributed by atoms with E-state index in [0.717, 1.165) is 0 Å². The van der Waals surface area contributed by atoms with Crippen molar-refractivity contribution in [3.63, 3.8) is 0 Å². The average molecular weight is 284 g/mol. The van der Waals surface area contributed by atoms with Gasteiger partial charge in [-0.1, -0.05) is 30.3 Å². The number of aromatic nitrogens is 1. The minimum absolute atomic E-state index is 0.0417. The van der Waals surface area contributed by atoms with Crippen LogP contribution in [0.15, 0.2) is 36.5 Å². The predicted octanol–water partition coefficient (Wildman–Crippen LogP) is 5.43. The molecule has 2 aromatic rings. The molecule has 1 aromatic carbocycles. The van der Waals surface area contributed by atoms with Gasteiger partial charge < -0.3 is 9.88 Å². The zero-order valence-electron chi connectivity index (χ0n) is 14.4. The molecule has 2 rings (SSSR count). The third-order valence-electron chi connectivity index (χ3n) is 3.56. The van der Waals surface area contributed by atoms with E-state index in [2.05, 4.69) is 94.9 Å². The quantitative estimate of drug-likeness (QED) is 0.778. The van der Waals surface area contributed by atoms with Crippen molar-refractivity contribution in [2.45, 2.75) is 59.5 Å². The van der Waals surface area contributed by atoms with Crippen LogP contribution in [0.25, 0.3) is 11.1 Å². The first-order chi connectivity index (χ1) is 9.59. The number of nitrogens with zero attached hydrogens (tertiary/aromatic N) is 1. The molecule has 0 saturated carbocycles. The Bertz CT molecular complexity index is 607. The maximum Gasteiger partial charge on any atom is 0.110 e. The van der Waals surface area contributed by atoms with Crippen LogP contribution in [0.2, 0.25) is 0 Å². The van der Waals surface area contributed by atoms with Crippen molar-refractivity contribution in [2.75, 3.05) is 5.32 Å². The van der Waals surface area contributed by atoms with Crippen molar-refractivity contribution < 1.29 is 0 Å². The summed E-state index contributed by atoms with van der Waals surface area (Å²) < 4.78 is 2.36. The predicted molar refractivity (Wildman–Crippen MR) is 93.0 cm³/mol. The molecular formula is C19H28N2. The summed E-state index contributed by atoms with van der Waals surface area (Å²) >= 11 is 0. The molecule has 0 radical (unpaired) electrons. The van der Waals surface area contributed by atoms with Crippen LogP contribution in [-0.2, 0) is 5.54 Å². The fourth-order valence-corrected chi connectivity index (χ4v) is 2.55. The van der Waals surface area contributed by atoms with Gasteiger partial charge in [0.2, 0.25) is 0 Å². The molecule has 114 valence electrons. The highest BCUT2D eigenvalue weighted by atomic mass is 15.2. The molecule has 0 atom stereocenters. The third-order valence-corrected chi connectivity index (χ3v) is 3.56. The van der Waals surface area contributed by atoms with E-state index < -0.39 is 0 Å². The Kier molecular flexibility index (Phi) is 3.92. The highest BCUT2D eigenvalue weighted by molar-refractivity contribution is 5.73. The van der Waals surface area contributed by atoms with E-state index >= 15 is 0 Å². The molecule has 0 spiro atoms. The molecule has 21 heavy (non-hydrogen) atoms. The summed E-state index contributed by atoms with van der Waals surface area (Å²) in [6, 6.07) is 10.6. The second-order valence-corrected chi connectivity index (χ2v) is 7.80. The molecule has 0 saturated heterocycles. The van der Waals surface area contributed by atoms with E-state index in [4.69, 9.17) is 0 Å². The molecule has 1 N–H and O–H groups in total. The van der Waals surface area contributed by atoms with Gasteiger partial charge in [0.05, 0.1) is 0 Å². The van der Waals surface area contributed by atoms with E-state index in [9.17, 15) is 0 Å². The van der Waals surface area contributed by atoms with Crippen LogP contribution < -0.4 is 5.32 Å². The van der Waals surface area contributed by atoms with Crippen molar-refractivity contribution in [1.82, 2.24) is 4.57 Å². The summed E-state index contributed by atoms with van der Waals surface area (Å²) in [6.07, 6.45) is 2.28. The van der Waals surface area contributed by atoms with Crippen LogP contribution in [0.4, 0.5) is 5.82 Å². The Morgan fingerprint density at radius 2 is 1.48 bits per heavy atom. The van der Waals surface area contributed by atoms with Gasteiger partial charge in [-0.3, -0.25) is 0 Å². The standard InChI is InChI=1S/C19H28N2/c1-14-16(15-11-9-8-10-12-15)13-21(19(5,6)7)17(14)20-18(2,3)4/h8-13,20H,1-7H3. The summed E-state index contributed by atoms with van der Waals surface area (Å²) in [5.74, 6) is 1.22. The van der Waals surface area contributed by atoms with Gasteiger partial charge in [0.15, 0.2) is 0 Å². The lowest BCUT2D eigenvalue weighted by Gasteiger charge is -2.30. The summed E-state index contributed by atoms with van der Waals surface area (Å²) in [5.41, 5.74) is 3.98. The highest BCUT2D eigenvalue weighted by Gasteiger charge is 2.24. The number of nitrogens with one attached hydrogen (secondary N) is 1. The molecule has 1 aromatic heterocycles. The number of hydrogen-bond acceptors (Lipinski definition) is 1. The van der Waals surface area contributed by atoms with Gasteiger partial charge in [0.25, 0.3) is 0 Å². The molecule has 1 heterocycles. The fraction of sp³-hybridized carbons (Fsp3) is 0.474. The second-order valence-electron chi connectivity index (χ2n) is 7.80. The minimum atomic E-state index is 0.0417. The number of hydrogen-bond donors (Lipinski definition) is 1. The zero-order valence-corrected chi connectivity index (χ0v) is 14.4. The summed E-state index contributed by atoms with van der Waals surface area (Å²) in [7, 11) is 0. The molecule has 0 amide bonds. The Hall–Kier alpha value is -1.70. The first-order valence-corrected chi connectivity index (χ1v) is 7.65. The van der Waals surface area contributed by atoms with E-state index in [1.54, 1.807) is 0 Å². The molecule has 2 heteroatoms. The van der Waals surface area contributed by atoms with Crippen LogP contribution in [0.1, 0.15) is 47.1 Å². The van der Waals surface area contributed by atoms with Gasteiger partial charge in [-0.05, 0) is 59.6 Å². The van der Waals surface area contributed by atoms with Crippen LogP contribution >= 0.6 is 0 Å². The van der Waals surface area contributed by atoms with E-state index in [1.165, 1.54) is 22.5 Å². The largest absolute Gasteiger partial charge is 0.367 e. The van der Waals surface area contributed by atoms with Gasteiger partial charge in [-0.2, -0.15) is 0 Å². The van der Waals surface area contributed by atoms with Gasteiger partial charge in [-0.25, -0.2) is 0 Å². The van der Waals surface area contributed by atoms with Gasteiger partial charge in [0, 0.05) is 22.8 Å². The first-order valence-electron chi connectivity index (χ1n) is 7.65. The Balaban J connectivity index is 2.61. The Morgan fingerprint density at radius 1 is 0.905 bits per heavy atom. The number of rotatable bonds is 2. The smallest absolute Gasteiger partial charge is 0.110 e. The van der Waals surface area contributed by atoms with Gasteiger partial charge in [0.1, 0.15) is 5.82 Å². The number of benzene rings is 1. The molecule has 0 aliphatic carbocycles. The Labute approximate surface area is 129 Å². The van der Waals surface area contributed by atoms with Gasteiger partial charge in [-0.15, -0.1) is 0 Å². The average Bonchev–Trinajstić information content (AvgIpc) is 2.66. The van der Waals surface area contributed by atoms with Crippen molar-refractivity contribution >= 4 is 5.82 Å². The molecule has 0 unspecified atom stereocenters. The SMILES string of the molecule is Cc1c(-c2ccccc2)cn(C(C)(C)C)c1NC(C)(C)C. The zero-order chi connectivity index (χ0) is 15.8.